The Hall–Kier alpha value is -2.41. The van der Waals surface area contributed by atoms with Crippen molar-refractivity contribution in [1.29, 1.82) is 0 Å². The Kier molecular flexibility index (Phi) is 2.31. The van der Waals surface area contributed by atoms with Gasteiger partial charge in [0.15, 0.2) is 0 Å². The number of benzene rings is 3. The van der Waals surface area contributed by atoms with E-state index in [-0.39, 0.29) is 0 Å². The molecule has 96 valence electrons. The minimum absolute atomic E-state index is 1.08. The van der Waals surface area contributed by atoms with Crippen LogP contribution in [0.5, 0.6) is 0 Å². The second-order valence-electron chi connectivity index (χ2n) is 5.44. The van der Waals surface area contributed by atoms with Crippen molar-refractivity contribution in [2.24, 2.45) is 0 Å². The van der Waals surface area contributed by atoms with Crippen LogP contribution >= 0.6 is 0 Å². The Morgan fingerprint density at radius 2 is 1.60 bits per heavy atom. The monoisotopic (exact) mass is 257 g/mol. The van der Waals surface area contributed by atoms with Gasteiger partial charge >= 0.3 is 0 Å². The molecule has 4 aromatic rings. The van der Waals surface area contributed by atoms with Crippen LogP contribution in [-0.4, -0.2) is 4.98 Å². The molecule has 0 aliphatic heterocycles. The van der Waals surface area contributed by atoms with Crippen molar-refractivity contribution in [1.82, 2.24) is 4.98 Å². The lowest BCUT2D eigenvalue weighted by Crippen LogP contribution is -1.89. The first-order valence-corrected chi connectivity index (χ1v) is 6.92. The van der Waals surface area contributed by atoms with E-state index >= 15 is 0 Å². The molecule has 1 nitrogen and oxygen atoms in total. The zero-order valence-corrected chi connectivity index (χ0v) is 11.6. The van der Waals surface area contributed by atoms with Crippen LogP contribution in [-0.2, 0) is 0 Å². The van der Waals surface area contributed by atoms with Gasteiger partial charge in [-0.2, -0.15) is 0 Å². The number of fused-ring (bicyclic) bond motifs is 4. The zero-order chi connectivity index (χ0) is 13.7. The fourth-order valence-electron chi connectivity index (χ4n) is 2.99. The van der Waals surface area contributed by atoms with Crippen LogP contribution in [0.15, 0.2) is 54.6 Å². The minimum Gasteiger partial charge on any atom is -0.247 e. The predicted octanol–water partition coefficient (Wildman–Crippen LogP) is 5.16. The molecule has 0 fully saturated rings. The quantitative estimate of drug-likeness (QED) is 0.313. The van der Waals surface area contributed by atoms with Crippen molar-refractivity contribution >= 4 is 32.6 Å². The summed E-state index contributed by atoms with van der Waals surface area (Å²) >= 11 is 0. The van der Waals surface area contributed by atoms with E-state index < -0.39 is 0 Å². The third-order valence-electron chi connectivity index (χ3n) is 4.09. The molecular weight excluding hydrogens is 242 g/mol. The van der Waals surface area contributed by atoms with Gasteiger partial charge in [-0.05, 0) is 36.9 Å². The molecule has 20 heavy (non-hydrogen) atoms. The molecule has 1 heteroatoms. The molecule has 0 bridgehead atoms. The third kappa shape index (κ3) is 1.53. The Bertz CT molecular complexity index is 967. The Labute approximate surface area is 117 Å². The predicted molar refractivity (Wildman–Crippen MR) is 86.2 cm³/mol. The van der Waals surface area contributed by atoms with Crippen LogP contribution in [0.1, 0.15) is 11.1 Å². The van der Waals surface area contributed by atoms with Crippen molar-refractivity contribution in [3.05, 3.63) is 65.7 Å². The molecule has 1 aromatic heterocycles. The fraction of sp³-hybridized carbons (Fsp3) is 0.105. The van der Waals surface area contributed by atoms with Crippen LogP contribution in [0.2, 0.25) is 0 Å². The van der Waals surface area contributed by atoms with E-state index in [0.717, 1.165) is 11.0 Å². The number of aromatic nitrogens is 1. The van der Waals surface area contributed by atoms with Gasteiger partial charge in [-0.3, -0.25) is 0 Å². The summed E-state index contributed by atoms with van der Waals surface area (Å²) in [6, 6.07) is 19.3. The molecule has 0 saturated heterocycles. The largest absolute Gasteiger partial charge is 0.247 e. The van der Waals surface area contributed by atoms with E-state index in [1.807, 2.05) is 0 Å². The first kappa shape index (κ1) is 11.4. The molecule has 0 unspecified atom stereocenters. The van der Waals surface area contributed by atoms with Gasteiger partial charge in [0.05, 0.1) is 11.0 Å². The first-order chi connectivity index (χ1) is 9.74. The molecule has 3 aromatic carbocycles. The molecule has 4 rings (SSSR count). The van der Waals surface area contributed by atoms with Gasteiger partial charge in [0, 0.05) is 16.2 Å². The average Bonchev–Trinajstić information content (AvgIpc) is 2.48. The van der Waals surface area contributed by atoms with E-state index in [9.17, 15) is 0 Å². The molecule has 0 spiro atoms. The highest BCUT2D eigenvalue weighted by Crippen LogP contribution is 2.30. The summed E-state index contributed by atoms with van der Waals surface area (Å²) in [6.07, 6.45) is 0. The van der Waals surface area contributed by atoms with Crippen molar-refractivity contribution in [2.75, 3.05) is 0 Å². The summed E-state index contributed by atoms with van der Waals surface area (Å²) in [7, 11) is 0. The van der Waals surface area contributed by atoms with Crippen molar-refractivity contribution < 1.29 is 0 Å². The van der Waals surface area contributed by atoms with E-state index in [1.54, 1.807) is 0 Å². The third-order valence-corrected chi connectivity index (χ3v) is 4.09. The van der Waals surface area contributed by atoms with Gasteiger partial charge in [-0.15, -0.1) is 0 Å². The van der Waals surface area contributed by atoms with E-state index in [1.165, 1.54) is 32.7 Å². The van der Waals surface area contributed by atoms with Crippen molar-refractivity contribution in [3.63, 3.8) is 0 Å². The number of hydrogen-bond donors (Lipinski definition) is 0. The Morgan fingerprint density at radius 1 is 0.750 bits per heavy atom. The highest BCUT2D eigenvalue weighted by molar-refractivity contribution is 6.10. The molecule has 0 amide bonds. The number of hydrogen-bond acceptors (Lipinski definition) is 1. The van der Waals surface area contributed by atoms with Crippen LogP contribution in [0.25, 0.3) is 32.6 Å². The van der Waals surface area contributed by atoms with Gasteiger partial charge in [0.1, 0.15) is 0 Å². The summed E-state index contributed by atoms with van der Waals surface area (Å²) in [5.74, 6) is 0. The lowest BCUT2D eigenvalue weighted by molar-refractivity contribution is 1.43. The average molecular weight is 257 g/mol. The zero-order valence-electron chi connectivity index (χ0n) is 11.6. The lowest BCUT2D eigenvalue weighted by atomic mass is 9.99. The van der Waals surface area contributed by atoms with E-state index in [0.29, 0.717) is 0 Å². The van der Waals surface area contributed by atoms with Crippen LogP contribution in [0.4, 0.5) is 0 Å². The number of pyridine rings is 1. The SMILES string of the molecule is Cc1ccc2nc3c(ccc4ccccc43)c(C)c2c1. The molecule has 0 atom stereocenters. The summed E-state index contributed by atoms with van der Waals surface area (Å²) in [5.41, 5.74) is 4.79. The fourth-order valence-corrected chi connectivity index (χ4v) is 2.99. The summed E-state index contributed by atoms with van der Waals surface area (Å²) in [5, 5.41) is 4.99. The van der Waals surface area contributed by atoms with E-state index in [2.05, 4.69) is 68.4 Å². The Morgan fingerprint density at radius 3 is 2.50 bits per heavy atom. The molecular formula is C19H15N. The molecule has 0 radical (unpaired) electrons. The number of aryl methyl sites for hydroxylation is 2. The van der Waals surface area contributed by atoms with Gasteiger partial charge in [0.2, 0.25) is 0 Å². The second kappa shape index (κ2) is 4.04. The van der Waals surface area contributed by atoms with Crippen LogP contribution in [0.3, 0.4) is 0 Å². The molecule has 0 aliphatic carbocycles. The van der Waals surface area contributed by atoms with Gasteiger partial charge < -0.3 is 0 Å². The maximum absolute atomic E-state index is 4.91. The highest BCUT2D eigenvalue weighted by Gasteiger charge is 2.08. The molecule has 0 aliphatic rings. The van der Waals surface area contributed by atoms with Gasteiger partial charge in [-0.1, -0.05) is 48.0 Å². The Balaban J connectivity index is 2.28. The van der Waals surface area contributed by atoms with Crippen molar-refractivity contribution in [3.8, 4) is 0 Å². The number of rotatable bonds is 0. The number of nitrogens with zero attached hydrogens (tertiary/aromatic N) is 1. The van der Waals surface area contributed by atoms with Crippen LogP contribution in [0, 0.1) is 13.8 Å². The van der Waals surface area contributed by atoms with Gasteiger partial charge in [0.25, 0.3) is 0 Å². The summed E-state index contributed by atoms with van der Waals surface area (Å²) in [4.78, 5) is 4.91. The van der Waals surface area contributed by atoms with Gasteiger partial charge in [-0.25, -0.2) is 4.98 Å². The minimum atomic E-state index is 1.08. The van der Waals surface area contributed by atoms with E-state index in [4.69, 9.17) is 4.98 Å². The van der Waals surface area contributed by atoms with Crippen LogP contribution < -0.4 is 0 Å². The first-order valence-electron chi connectivity index (χ1n) is 6.92. The molecule has 0 saturated carbocycles. The highest BCUT2D eigenvalue weighted by atomic mass is 14.7. The standard InChI is InChI=1S/C19H15N/c1-12-7-10-18-17(11-12)13(2)15-9-8-14-5-3-4-6-16(14)19(15)20-18/h3-11H,1-2H3. The normalized spacial score (nSPS) is 11.5. The maximum atomic E-state index is 4.91. The summed E-state index contributed by atoms with van der Waals surface area (Å²) < 4.78 is 0. The smallest absolute Gasteiger partial charge is 0.0790 e. The topological polar surface area (TPSA) is 12.9 Å². The second-order valence-corrected chi connectivity index (χ2v) is 5.44. The maximum Gasteiger partial charge on any atom is 0.0790 e. The summed E-state index contributed by atoms with van der Waals surface area (Å²) in [6.45, 7) is 4.32. The van der Waals surface area contributed by atoms with Crippen molar-refractivity contribution in [2.45, 2.75) is 13.8 Å². The lowest BCUT2D eigenvalue weighted by Gasteiger charge is -2.10. The molecule has 1 heterocycles. The molecule has 0 N–H and O–H groups in total.